The van der Waals surface area contributed by atoms with Crippen LogP contribution in [0.4, 0.5) is 11.4 Å². The number of rotatable bonds is 4. The van der Waals surface area contributed by atoms with Gasteiger partial charge in [0.2, 0.25) is 5.91 Å². The van der Waals surface area contributed by atoms with Gasteiger partial charge in [0.15, 0.2) is 0 Å². The number of nitrogens with one attached hydrogen (secondary N) is 1. The minimum absolute atomic E-state index is 0.0302. The SMILES string of the molecule is O=C(Nc1ccc([N+](=O)[O-])cc1)[C@@H]1[C@@H]2CC[C@@H](C2)[C@@H]1C(=O)[O-]. The van der Waals surface area contributed by atoms with E-state index in [1.54, 1.807) is 0 Å². The number of benzene rings is 1. The highest BCUT2D eigenvalue weighted by Crippen LogP contribution is 2.52. The van der Waals surface area contributed by atoms with Crippen LogP contribution in [0.1, 0.15) is 19.3 Å². The third kappa shape index (κ3) is 2.43. The van der Waals surface area contributed by atoms with Crippen LogP contribution in [0.5, 0.6) is 0 Å². The molecule has 2 aliphatic rings. The molecule has 2 bridgehead atoms. The quantitative estimate of drug-likeness (QED) is 0.657. The third-order valence-electron chi connectivity index (χ3n) is 4.84. The number of carbonyl (C=O) groups excluding carboxylic acids is 2. The highest BCUT2D eigenvalue weighted by atomic mass is 16.6. The minimum Gasteiger partial charge on any atom is -0.550 e. The Morgan fingerprint density at radius 1 is 1.09 bits per heavy atom. The van der Waals surface area contributed by atoms with Gasteiger partial charge >= 0.3 is 0 Å². The average Bonchev–Trinajstić information content (AvgIpc) is 3.08. The Morgan fingerprint density at radius 2 is 1.68 bits per heavy atom. The van der Waals surface area contributed by atoms with Crippen molar-refractivity contribution >= 4 is 23.3 Å². The van der Waals surface area contributed by atoms with Crippen molar-refractivity contribution in [3.05, 3.63) is 34.4 Å². The lowest BCUT2D eigenvalue weighted by atomic mass is 9.78. The lowest BCUT2D eigenvalue weighted by Gasteiger charge is -2.30. The molecule has 1 amide bonds. The second-order valence-electron chi connectivity index (χ2n) is 6.00. The first-order valence-electron chi connectivity index (χ1n) is 7.23. The van der Waals surface area contributed by atoms with Gasteiger partial charge in [-0.2, -0.15) is 0 Å². The highest BCUT2D eigenvalue weighted by molar-refractivity contribution is 5.95. The number of nitro benzene ring substituents is 1. The molecule has 7 nitrogen and oxygen atoms in total. The van der Waals surface area contributed by atoms with E-state index in [2.05, 4.69) is 5.32 Å². The van der Waals surface area contributed by atoms with Crippen LogP contribution in [-0.2, 0) is 9.59 Å². The maximum Gasteiger partial charge on any atom is 0.269 e. The zero-order valence-electron chi connectivity index (χ0n) is 11.7. The maximum atomic E-state index is 12.4. The van der Waals surface area contributed by atoms with Gasteiger partial charge in [0.25, 0.3) is 5.69 Å². The number of nitro groups is 1. The number of carboxylic acid groups (broad SMARTS) is 1. The Hall–Kier alpha value is -2.44. The lowest BCUT2D eigenvalue weighted by molar-refractivity contribution is -0.384. The van der Waals surface area contributed by atoms with Crippen molar-refractivity contribution in [1.29, 1.82) is 0 Å². The van der Waals surface area contributed by atoms with Crippen molar-refractivity contribution in [3.8, 4) is 0 Å². The number of hydrogen-bond donors (Lipinski definition) is 1. The summed E-state index contributed by atoms with van der Waals surface area (Å²) < 4.78 is 0. The van der Waals surface area contributed by atoms with Crippen molar-refractivity contribution < 1.29 is 19.6 Å². The molecule has 0 heterocycles. The first kappa shape index (κ1) is 14.5. The lowest BCUT2D eigenvalue weighted by Crippen LogP contribution is -2.43. The van der Waals surface area contributed by atoms with Gasteiger partial charge < -0.3 is 15.2 Å². The molecule has 0 aromatic heterocycles. The number of hydrogen-bond acceptors (Lipinski definition) is 5. The highest BCUT2D eigenvalue weighted by Gasteiger charge is 2.51. The van der Waals surface area contributed by atoms with Gasteiger partial charge in [0.05, 0.1) is 4.92 Å². The molecule has 116 valence electrons. The monoisotopic (exact) mass is 303 g/mol. The molecule has 3 rings (SSSR count). The zero-order chi connectivity index (χ0) is 15.9. The molecule has 1 N–H and O–H groups in total. The molecule has 2 fully saturated rings. The van der Waals surface area contributed by atoms with E-state index in [0.717, 1.165) is 19.3 Å². The Kier molecular flexibility index (Phi) is 3.56. The van der Waals surface area contributed by atoms with Crippen molar-refractivity contribution in [3.63, 3.8) is 0 Å². The number of non-ortho nitro benzene ring substituents is 1. The van der Waals surface area contributed by atoms with Crippen LogP contribution in [0, 0.1) is 33.8 Å². The molecule has 0 radical (unpaired) electrons. The average molecular weight is 303 g/mol. The molecule has 0 unspecified atom stereocenters. The predicted octanol–water partition coefficient (Wildman–Crippen LogP) is 0.945. The summed E-state index contributed by atoms with van der Waals surface area (Å²) in [6.45, 7) is 0. The van der Waals surface area contributed by atoms with Crippen LogP contribution in [0.25, 0.3) is 0 Å². The van der Waals surface area contributed by atoms with Gasteiger partial charge in [0.1, 0.15) is 0 Å². The number of fused-ring (bicyclic) bond motifs is 2. The first-order valence-corrected chi connectivity index (χ1v) is 7.23. The predicted molar refractivity (Wildman–Crippen MR) is 74.5 cm³/mol. The maximum absolute atomic E-state index is 12.4. The van der Waals surface area contributed by atoms with Crippen LogP contribution in [0.2, 0.25) is 0 Å². The van der Waals surface area contributed by atoms with E-state index in [9.17, 15) is 24.8 Å². The van der Waals surface area contributed by atoms with Gasteiger partial charge in [0, 0.05) is 35.6 Å². The van der Waals surface area contributed by atoms with Crippen LogP contribution in [-0.4, -0.2) is 16.8 Å². The molecule has 4 atom stereocenters. The summed E-state index contributed by atoms with van der Waals surface area (Å²) in [6, 6.07) is 5.48. The summed E-state index contributed by atoms with van der Waals surface area (Å²) in [5.74, 6) is -2.67. The largest absolute Gasteiger partial charge is 0.550 e. The number of aliphatic carboxylic acids is 1. The number of carbonyl (C=O) groups is 2. The minimum atomic E-state index is -1.16. The fourth-order valence-electron chi connectivity index (χ4n) is 3.90. The topological polar surface area (TPSA) is 112 Å². The third-order valence-corrected chi connectivity index (χ3v) is 4.84. The second kappa shape index (κ2) is 5.40. The zero-order valence-corrected chi connectivity index (χ0v) is 11.7. The van der Waals surface area contributed by atoms with E-state index in [-0.39, 0.29) is 23.4 Å². The van der Waals surface area contributed by atoms with Crippen molar-refractivity contribution in [2.75, 3.05) is 5.32 Å². The van der Waals surface area contributed by atoms with Gasteiger partial charge in [-0.15, -0.1) is 0 Å². The van der Waals surface area contributed by atoms with E-state index in [0.29, 0.717) is 5.69 Å². The molecule has 0 spiro atoms. The fourth-order valence-corrected chi connectivity index (χ4v) is 3.90. The fraction of sp³-hybridized carbons (Fsp3) is 0.467. The van der Waals surface area contributed by atoms with Crippen molar-refractivity contribution in [2.45, 2.75) is 19.3 Å². The summed E-state index contributed by atoms with van der Waals surface area (Å²) >= 11 is 0. The summed E-state index contributed by atoms with van der Waals surface area (Å²) in [7, 11) is 0. The molecule has 2 saturated carbocycles. The second-order valence-corrected chi connectivity index (χ2v) is 6.00. The first-order chi connectivity index (χ1) is 10.5. The summed E-state index contributed by atoms with van der Waals surface area (Å²) in [5.41, 5.74) is 0.362. The van der Waals surface area contributed by atoms with Crippen LogP contribution >= 0.6 is 0 Å². The summed E-state index contributed by atoms with van der Waals surface area (Å²) in [4.78, 5) is 33.8. The van der Waals surface area contributed by atoms with Crippen molar-refractivity contribution in [2.24, 2.45) is 23.7 Å². The van der Waals surface area contributed by atoms with E-state index < -0.39 is 22.7 Å². The van der Waals surface area contributed by atoms with Gasteiger partial charge in [-0.3, -0.25) is 14.9 Å². The van der Waals surface area contributed by atoms with Gasteiger partial charge in [-0.05, 0) is 43.2 Å². The number of amides is 1. The molecule has 1 aromatic rings. The summed E-state index contributed by atoms with van der Waals surface area (Å²) in [6.07, 6.45) is 2.47. The van der Waals surface area contributed by atoms with Crippen molar-refractivity contribution in [1.82, 2.24) is 0 Å². The molecular formula is C15H15N2O5-. The molecule has 22 heavy (non-hydrogen) atoms. The van der Waals surface area contributed by atoms with Crippen LogP contribution < -0.4 is 10.4 Å². The van der Waals surface area contributed by atoms with E-state index >= 15 is 0 Å². The number of carboxylic acids is 1. The normalized spacial score (nSPS) is 29.3. The Bertz CT molecular complexity index is 627. The van der Waals surface area contributed by atoms with E-state index in [1.807, 2.05) is 0 Å². The number of anilines is 1. The van der Waals surface area contributed by atoms with E-state index in [1.165, 1.54) is 24.3 Å². The van der Waals surface area contributed by atoms with Crippen LogP contribution in [0.3, 0.4) is 0 Å². The Morgan fingerprint density at radius 3 is 2.23 bits per heavy atom. The molecular weight excluding hydrogens is 288 g/mol. The smallest absolute Gasteiger partial charge is 0.269 e. The molecule has 0 saturated heterocycles. The number of nitrogens with zero attached hydrogens (tertiary/aromatic N) is 1. The molecule has 7 heteroatoms. The molecule has 1 aromatic carbocycles. The molecule has 2 aliphatic carbocycles. The summed E-state index contributed by atoms with van der Waals surface area (Å²) in [5, 5.41) is 24.6. The Balaban J connectivity index is 1.73. The van der Waals surface area contributed by atoms with E-state index in [4.69, 9.17) is 0 Å². The van der Waals surface area contributed by atoms with Gasteiger partial charge in [-0.1, -0.05) is 0 Å². The standard InChI is InChI=1S/C15H16N2O5/c18-14(16-10-3-5-11(6-4-10)17(21)22)12-8-1-2-9(7-8)13(12)15(19)20/h3-6,8-9,12-13H,1-2,7H2,(H,16,18)(H,19,20)/p-1/t8-,9+,12-,13+/m1/s1. The van der Waals surface area contributed by atoms with Gasteiger partial charge in [-0.25, -0.2) is 0 Å². The Labute approximate surface area is 126 Å². The van der Waals surface area contributed by atoms with Crippen LogP contribution in [0.15, 0.2) is 24.3 Å². The molecule has 0 aliphatic heterocycles.